The van der Waals surface area contributed by atoms with Gasteiger partial charge in [0.05, 0.1) is 17.5 Å². The predicted molar refractivity (Wildman–Crippen MR) is 66.4 cm³/mol. The molecule has 1 rings (SSSR count). The molecule has 0 radical (unpaired) electrons. The average molecular weight is 287 g/mol. The fourth-order valence-corrected chi connectivity index (χ4v) is 1.78. The molecule has 0 bridgehead atoms. The molecule has 1 aromatic rings. The Morgan fingerprint density at radius 1 is 1.62 bits per heavy atom. The van der Waals surface area contributed by atoms with Crippen LogP contribution in [0.5, 0.6) is 0 Å². The van der Waals surface area contributed by atoms with Gasteiger partial charge in [-0.25, -0.2) is 4.98 Å². The molecule has 0 atom stereocenters. The van der Waals surface area contributed by atoms with Gasteiger partial charge >= 0.3 is 5.97 Å². The number of ether oxygens (including phenoxy) is 1. The molecule has 0 aliphatic carbocycles. The molecule has 0 spiro atoms. The van der Waals surface area contributed by atoms with Crippen molar-refractivity contribution in [2.24, 2.45) is 0 Å². The van der Waals surface area contributed by atoms with Crippen molar-refractivity contribution in [3.05, 3.63) is 22.3 Å². The summed E-state index contributed by atoms with van der Waals surface area (Å²) in [5.41, 5.74) is 1.09. The highest BCUT2D eigenvalue weighted by Gasteiger charge is 2.04. The molecule has 1 aromatic heterocycles. The lowest BCUT2D eigenvalue weighted by molar-refractivity contribution is -0.142. The van der Waals surface area contributed by atoms with Gasteiger partial charge < -0.3 is 10.1 Å². The predicted octanol–water partition coefficient (Wildman–Crippen LogP) is 2.52. The summed E-state index contributed by atoms with van der Waals surface area (Å²) in [6, 6.07) is 1.97. The van der Waals surface area contributed by atoms with Crippen LogP contribution in [0.1, 0.15) is 18.9 Å². The zero-order valence-electron chi connectivity index (χ0n) is 9.42. The third-order valence-corrected chi connectivity index (χ3v) is 2.51. The van der Waals surface area contributed by atoms with Crippen molar-refractivity contribution >= 4 is 27.7 Å². The van der Waals surface area contributed by atoms with E-state index in [1.807, 2.05) is 13.0 Å². The number of carbonyl (C=O) groups is 1. The van der Waals surface area contributed by atoms with E-state index in [2.05, 4.69) is 26.2 Å². The Morgan fingerprint density at radius 2 is 2.38 bits per heavy atom. The molecule has 4 nitrogen and oxygen atoms in total. The molecule has 1 heterocycles. The molecule has 0 saturated carbocycles. The Bertz CT molecular complexity index is 369. The van der Waals surface area contributed by atoms with Crippen LogP contribution in [0, 0.1) is 6.92 Å². The van der Waals surface area contributed by atoms with Gasteiger partial charge in [0.25, 0.3) is 0 Å². The van der Waals surface area contributed by atoms with E-state index >= 15 is 0 Å². The van der Waals surface area contributed by atoms with Gasteiger partial charge in [-0.3, -0.25) is 4.79 Å². The second-order valence-electron chi connectivity index (χ2n) is 3.32. The summed E-state index contributed by atoms with van der Waals surface area (Å²) in [6.45, 7) is 4.71. The van der Waals surface area contributed by atoms with Crippen LogP contribution in [0.2, 0.25) is 0 Å². The summed E-state index contributed by atoms with van der Waals surface area (Å²) in [6.07, 6.45) is 2.12. The number of esters is 1. The number of aromatic nitrogens is 1. The Balaban J connectivity index is 2.40. The number of hydrogen-bond donors (Lipinski definition) is 1. The monoisotopic (exact) mass is 286 g/mol. The molecule has 5 heteroatoms. The van der Waals surface area contributed by atoms with E-state index in [0.717, 1.165) is 15.9 Å². The van der Waals surface area contributed by atoms with Crippen LogP contribution in [-0.2, 0) is 9.53 Å². The fraction of sp³-hybridized carbons (Fsp3) is 0.455. The zero-order valence-corrected chi connectivity index (χ0v) is 11.0. The Kier molecular flexibility index (Phi) is 5.25. The van der Waals surface area contributed by atoms with Crippen LogP contribution >= 0.6 is 15.9 Å². The maximum atomic E-state index is 11.1. The second kappa shape index (κ2) is 6.48. The highest BCUT2D eigenvalue weighted by Crippen LogP contribution is 2.20. The van der Waals surface area contributed by atoms with E-state index < -0.39 is 0 Å². The number of nitrogens with zero attached hydrogens (tertiary/aromatic N) is 1. The number of hydrogen-bond acceptors (Lipinski definition) is 4. The van der Waals surface area contributed by atoms with Gasteiger partial charge in [0.15, 0.2) is 0 Å². The molecular weight excluding hydrogens is 272 g/mol. The number of halogens is 1. The van der Waals surface area contributed by atoms with Gasteiger partial charge in [-0.15, -0.1) is 0 Å². The van der Waals surface area contributed by atoms with E-state index in [-0.39, 0.29) is 5.97 Å². The molecule has 0 unspecified atom stereocenters. The topological polar surface area (TPSA) is 51.2 Å². The summed E-state index contributed by atoms with van der Waals surface area (Å²) in [5, 5.41) is 3.07. The summed E-state index contributed by atoms with van der Waals surface area (Å²) in [5.74, 6) is 0.549. The van der Waals surface area contributed by atoms with Crippen LogP contribution < -0.4 is 5.32 Å². The molecule has 0 aliphatic rings. The van der Waals surface area contributed by atoms with E-state index in [1.165, 1.54) is 0 Å². The zero-order chi connectivity index (χ0) is 12.0. The van der Waals surface area contributed by atoms with Crippen LogP contribution in [-0.4, -0.2) is 24.1 Å². The lowest BCUT2D eigenvalue weighted by atomic mass is 10.3. The van der Waals surface area contributed by atoms with Crippen molar-refractivity contribution in [3.8, 4) is 0 Å². The quantitative estimate of drug-likeness (QED) is 0.845. The lowest BCUT2D eigenvalue weighted by Crippen LogP contribution is -2.12. The number of nitrogens with one attached hydrogen (secondary N) is 1. The average Bonchev–Trinajstić information content (AvgIpc) is 2.22. The van der Waals surface area contributed by atoms with E-state index in [9.17, 15) is 4.79 Å². The number of rotatable bonds is 5. The Labute approximate surface area is 104 Å². The molecule has 0 aromatic carbocycles. The molecule has 0 saturated heterocycles. The van der Waals surface area contributed by atoms with Crippen molar-refractivity contribution in [1.29, 1.82) is 0 Å². The molecule has 1 N–H and O–H groups in total. The van der Waals surface area contributed by atoms with Gasteiger partial charge in [0, 0.05) is 12.7 Å². The summed E-state index contributed by atoms with van der Waals surface area (Å²) in [7, 11) is 0. The standard InChI is InChI=1S/C11H15BrN2O2/c1-3-16-10(15)4-5-13-11-9(12)6-8(2)7-14-11/h6-7H,3-5H2,1-2H3,(H,13,14). The molecule has 0 fully saturated rings. The first-order valence-electron chi connectivity index (χ1n) is 5.15. The first-order chi connectivity index (χ1) is 7.63. The number of anilines is 1. The molecule has 0 aliphatic heterocycles. The molecule has 0 amide bonds. The smallest absolute Gasteiger partial charge is 0.307 e. The highest BCUT2D eigenvalue weighted by atomic mass is 79.9. The normalized spacial score (nSPS) is 9.94. The minimum absolute atomic E-state index is 0.196. The number of carbonyl (C=O) groups excluding carboxylic acids is 1. The molecule has 88 valence electrons. The third-order valence-electron chi connectivity index (χ3n) is 1.90. The van der Waals surface area contributed by atoms with E-state index in [4.69, 9.17) is 4.74 Å². The minimum Gasteiger partial charge on any atom is -0.466 e. The lowest BCUT2D eigenvalue weighted by Gasteiger charge is -2.07. The third kappa shape index (κ3) is 4.18. The van der Waals surface area contributed by atoms with Crippen LogP contribution in [0.4, 0.5) is 5.82 Å². The maximum absolute atomic E-state index is 11.1. The number of aryl methyl sites for hydroxylation is 1. The van der Waals surface area contributed by atoms with Crippen molar-refractivity contribution in [2.45, 2.75) is 20.3 Å². The maximum Gasteiger partial charge on any atom is 0.307 e. The van der Waals surface area contributed by atoms with Crippen molar-refractivity contribution in [2.75, 3.05) is 18.5 Å². The second-order valence-corrected chi connectivity index (χ2v) is 4.18. The van der Waals surface area contributed by atoms with E-state index in [0.29, 0.717) is 19.6 Å². The van der Waals surface area contributed by atoms with Gasteiger partial charge in [-0.2, -0.15) is 0 Å². The summed E-state index contributed by atoms with van der Waals surface area (Å²) < 4.78 is 5.72. The first kappa shape index (κ1) is 13.0. The highest BCUT2D eigenvalue weighted by molar-refractivity contribution is 9.10. The first-order valence-corrected chi connectivity index (χ1v) is 5.94. The minimum atomic E-state index is -0.196. The van der Waals surface area contributed by atoms with Gasteiger partial charge in [-0.1, -0.05) is 0 Å². The van der Waals surface area contributed by atoms with Crippen molar-refractivity contribution in [1.82, 2.24) is 4.98 Å². The largest absolute Gasteiger partial charge is 0.466 e. The fourth-order valence-electron chi connectivity index (χ4n) is 1.18. The summed E-state index contributed by atoms with van der Waals surface area (Å²) in [4.78, 5) is 15.3. The van der Waals surface area contributed by atoms with Gasteiger partial charge in [0.2, 0.25) is 0 Å². The molecular formula is C11H15BrN2O2. The van der Waals surface area contributed by atoms with Crippen LogP contribution in [0.15, 0.2) is 16.7 Å². The Hall–Kier alpha value is -1.10. The van der Waals surface area contributed by atoms with Gasteiger partial charge in [0.1, 0.15) is 5.82 Å². The van der Waals surface area contributed by atoms with Gasteiger partial charge in [-0.05, 0) is 41.4 Å². The molecule has 16 heavy (non-hydrogen) atoms. The van der Waals surface area contributed by atoms with Crippen LogP contribution in [0.3, 0.4) is 0 Å². The SMILES string of the molecule is CCOC(=O)CCNc1ncc(C)cc1Br. The Morgan fingerprint density at radius 3 is 3.00 bits per heavy atom. The summed E-state index contributed by atoms with van der Waals surface area (Å²) >= 11 is 3.40. The van der Waals surface area contributed by atoms with Crippen molar-refractivity contribution in [3.63, 3.8) is 0 Å². The number of pyridine rings is 1. The van der Waals surface area contributed by atoms with Crippen LogP contribution in [0.25, 0.3) is 0 Å². The van der Waals surface area contributed by atoms with E-state index in [1.54, 1.807) is 13.1 Å². The van der Waals surface area contributed by atoms with Crippen molar-refractivity contribution < 1.29 is 9.53 Å².